The molecule has 0 atom stereocenters. The van der Waals surface area contributed by atoms with Gasteiger partial charge in [-0.15, -0.1) is 11.6 Å². The number of rotatable bonds is 6. The van der Waals surface area contributed by atoms with Crippen molar-refractivity contribution in [3.8, 4) is 0 Å². The first-order valence-electron chi connectivity index (χ1n) is 5.45. The van der Waals surface area contributed by atoms with Gasteiger partial charge in [-0.3, -0.25) is 9.59 Å². The Labute approximate surface area is 110 Å². The van der Waals surface area contributed by atoms with Crippen LogP contribution < -0.4 is 0 Å². The lowest BCUT2D eigenvalue weighted by Crippen LogP contribution is -2.12. The van der Waals surface area contributed by atoms with Gasteiger partial charge in [-0.2, -0.15) is 0 Å². The van der Waals surface area contributed by atoms with E-state index in [1.54, 1.807) is 19.1 Å². The summed E-state index contributed by atoms with van der Waals surface area (Å²) in [4.78, 5) is 34.0. The maximum Gasteiger partial charge on any atom is 0.338 e. The maximum absolute atomic E-state index is 11.6. The lowest BCUT2D eigenvalue weighted by Gasteiger charge is -2.08. The molecule has 0 saturated heterocycles. The first kappa shape index (κ1) is 14.4. The summed E-state index contributed by atoms with van der Waals surface area (Å²) in [5.41, 5.74) is 0.849. The minimum Gasteiger partial charge on any atom is -0.462 e. The lowest BCUT2D eigenvalue weighted by atomic mass is 9.98. The molecule has 0 aliphatic carbocycles. The second-order valence-corrected chi connectivity index (χ2v) is 3.83. The molecule has 18 heavy (non-hydrogen) atoms. The Morgan fingerprint density at radius 1 is 1.39 bits per heavy atom. The van der Waals surface area contributed by atoms with E-state index in [1.807, 2.05) is 0 Å². The Bertz CT molecular complexity index is 468. The van der Waals surface area contributed by atoms with E-state index < -0.39 is 5.97 Å². The molecule has 0 bridgehead atoms. The number of ether oxygens (including phenoxy) is 1. The van der Waals surface area contributed by atoms with Crippen molar-refractivity contribution in [2.45, 2.75) is 13.3 Å². The third-order valence-electron chi connectivity index (χ3n) is 2.35. The first-order valence-corrected chi connectivity index (χ1v) is 5.99. The third kappa shape index (κ3) is 3.40. The van der Waals surface area contributed by atoms with Gasteiger partial charge in [-0.1, -0.05) is 12.1 Å². The highest BCUT2D eigenvalue weighted by Crippen LogP contribution is 2.15. The number of carbonyl (C=O) groups excluding carboxylic acids is 3. The standard InChI is InChI=1S/C13H13ClO4/c1-2-18-13(17)11-5-3-4-9(12(11)8-15)6-10(16)7-14/h3-5,8H,2,6-7H2,1H3. The molecule has 0 N–H and O–H groups in total. The Balaban J connectivity index is 3.13. The number of hydrogen-bond donors (Lipinski definition) is 0. The van der Waals surface area contributed by atoms with Crippen LogP contribution in [0, 0.1) is 0 Å². The summed E-state index contributed by atoms with van der Waals surface area (Å²) in [5.74, 6) is -0.900. The van der Waals surface area contributed by atoms with Gasteiger partial charge in [0.1, 0.15) is 0 Å². The lowest BCUT2D eigenvalue weighted by molar-refractivity contribution is -0.116. The summed E-state index contributed by atoms with van der Waals surface area (Å²) in [7, 11) is 0. The van der Waals surface area contributed by atoms with Crippen LogP contribution in [-0.4, -0.2) is 30.5 Å². The van der Waals surface area contributed by atoms with Gasteiger partial charge in [0.25, 0.3) is 0 Å². The second kappa shape index (κ2) is 6.91. The minimum absolute atomic E-state index is 0.0326. The molecule has 0 aliphatic heterocycles. The molecule has 0 unspecified atom stereocenters. The highest BCUT2D eigenvalue weighted by molar-refractivity contribution is 6.27. The Hall–Kier alpha value is -1.68. The van der Waals surface area contributed by atoms with Crippen LogP contribution in [-0.2, 0) is 16.0 Å². The fourth-order valence-electron chi connectivity index (χ4n) is 1.55. The molecule has 1 aromatic carbocycles. The molecular weight excluding hydrogens is 256 g/mol. The van der Waals surface area contributed by atoms with Crippen molar-refractivity contribution in [3.05, 3.63) is 34.9 Å². The highest BCUT2D eigenvalue weighted by atomic mass is 35.5. The van der Waals surface area contributed by atoms with Gasteiger partial charge in [-0.05, 0) is 18.6 Å². The van der Waals surface area contributed by atoms with Crippen LogP contribution in [0.3, 0.4) is 0 Å². The van der Waals surface area contributed by atoms with Crippen molar-refractivity contribution in [3.63, 3.8) is 0 Å². The Morgan fingerprint density at radius 2 is 2.11 bits per heavy atom. The molecule has 0 amide bonds. The SMILES string of the molecule is CCOC(=O)c1cccc(CC(=O)CCl)c1C=O. The molecule has 0 spiro atoms. The Morgan fingerprint density at radius 3 is 2.67 bits per heavy atom. The van der Waals surface area contributed by atoms with Gasteiger partial charge in [0.05, 0.1) is 18.1 Å². The van der Waals surface area contributed by atoms with Crippen molar-refractivity contribution in [1.82, 2.24) is 0 Å². The number of benzene rings is 1. The number of Topliss-reactive ketones (excluding diaryl/α,β-unsaturated/α-hetero) is 1. The monoisotopic (exact) mass is 268 g/mol. The van der Waals surface area contributed by atoms with Crippen molar-refractivity contribution in [2.75, 3.05) is 12.5 Å². The maximum atomic E-state index is 11.6. The number of ketones is 1. The first-order chi connectivity index (χ1) is 8.63. The van der Waals surface area contributed by atoms with Gasteiger partial charge < -0.3 is 4.74 Å². The molecule has 1 rings (SSSR count). The van der Waals surface area contributed by atoms with E-state index in [1.165, 1.54) is 6.07 Å². The molecule has 0 aliphatic rings. The zero-order chi connectivity index (χ0) is 13.5. The van der Waals surface area contributed by atoms with Crippen LogP contribution in [0.5, 0.6) is 0 Å². The topological polar surface area (TPSA) is 60.4 Å². The number of hydrogen-bond acceptors (Lipinski definition) is 4. The zero-order valence-corrected chi connectivity index (χ0v) is 10.7. The molecule has 0 fully saturated rings. The highest BCUT2D eigenvalue weighted by Gasteiger charge is 2.16. The quantitative estimate of drug-likeness (QED) is 0.450. The van der Waals surface area contributed by atoms with Crippen molar-refractivity contribution >= 4 is 29.6 Å². The van der Waals surface area contributed by atoms with Crippen LogP contribution in [0.2, 0.25) is 0 Å². The molecular formula is C13H13ClO4. The van der Waals surface area contributed by atoms with Crippen molar-refractivity contribution in [2.24, 2.45) is 0 Å². The van der Waals surface area contributed by atoms with Crippen LogP contribution >= 0.6 is 11.6 Å². The van der Waals surface area contributed by atoms with Crippen LogP contribution in [0.25, 0.3) is 0 Å². The number of esters is 1. The minimum atomic E-state index is -0.570. The average Bonchev–Trinajstić information content (AvgIpc) is 2.38. The number of aldehydes is 1. The third-order valence-corrected chi connectivity index (χ3v) is 2.64. The van der Waals surface area contributed by atoms with E-state index >= 15 is 0 Å². The van der Waals surface area contributed by atoms with Gasteiger partial charge in [0, 0.05) is 12.0 Å². The van der Waals surface area contributed by atoms with Crippen molar-refractivity contribution < 1.29 is 19.1 Å². The van der Waals surface area contributed by atoms with E-state index in [4.69, 9.17) is 16.3 Å². The van der Waals surface area contributed by atoms with Gasteiger partial charge in [0.15, 0.2) is 12.1 Å². The van der Waals surface area contributed by atoms with E-state index in [-0.39, 0.29) is 35.8 Å². The zero-order valence-electron chi connectivity index (χ0n) is 9.94. The van der Waals surface area contributed by atoms with E-state index in [0.717, 1.165) is 0 Å². The average molecular weight is 269 g/mol. The molecule has 0 saturated carbocycles. The largest absolute Gasteiger partial charge is 0.462 e. The summed E-state index contributed by atoms with van der Waals surface area (Å²) in [6, 6.07) is 4.73. The van der Waals surface area contributed by atoms with Gasteiger partial charge >= 0.3 is 5.97 Å². The molecule has 5 heteroatoms. The van der Waals surface area contributed by atoms with Crippen LogP contribution in [0.15, 0.2) is 18.2 Å². The summed E-state index contributed by atoms with van der Waals surface area (Å²) in [6.07, 6.45) is 0.591. The number of halogens is 1. The normalized spacial score (nSPS) is 9.89. The van der Waals surface area contributed by atoms with Gasteiger partial charge in [0.2, 0.25) is 0 Å². The molecule has 0 radical (unpaired) electrons. The predicted molar refractivity (Wildman–Crippen MR) is 67.2 cm³/mol. The summed E-state index contributed by atoms with van der Waals surface area (Å²) in [6.45, 7) is 1.90. The second-order valence-electron chi connectivity index (χ2n) is 3.57. The predicted octanol–water partition coefficient (Wildman–Crippen LogP) is 2.03. The smallest absolute Gasteiger partial charge is 0.338 e. The van der Waals surface area contributed by atoms with Crippen LogP contribution in [0.1, 0.15) is 33.2 Å². The van der Waals surface area contributed by atoms with E-state index in [0.29, 0.717) is 11.8 Å². The number of alkyl halides is 1. The molecule has 1 aromatic rings. The molecule has 96 valence electrons. The summed E-state index contributed by atoms with van der Waals surface area (Å²) in [5, 5.41) is 0. The van der Waals surface area contributed by atoms with E-state index in [9.17, 15) is 14.4 Å². The van der Waals surface area contributed by atoms with Gasteiger partial charge in [-0.25, -0.2) is 4.79 Å². The van der Waals surface area contributed by atoms with Crippen LogP contribution in [0.4, 0.5) is 0 Å². The van der Waals surface area contributed by atoms with Crippen molar-refractivity contribution in [1.29, 1.82) is 0 Å². The fraction of sp³-hybridized carbons (Fsp3) is 0.308. The molecule has 0 aromatic heterocycles. The number of carbonyl (C=O) groups is 3. The Kier molecular flexibility index (Phi) is 5.52. The summed E-state index contributed by atoms with van der Waals surface area (Å²) >= 11 is 5.42. The van der Waals surface area contributed by atoms with E-state index in [2.05, 4.69) is 0 Å². The molecule has 0 heterocycles. The molecule has 4 nitrogen and oxygen atoms in total. The fourth-order valence-corrected chi connectivity index (χ4v) is 1.65. The summed E-state index contributed by atoms with van der Waals surface area (Å²) < 4.78 is 4.85.